The van der Waals surface area contributed by atoms with Crippen LogP contribution in [0.5, 0.6) is 0 Å². The Bertz CT molecular complexity index is 353. The first-order valence-electron chi connectivity index (χ1n) is 5.28. The van der Waals surface area contributed by atoms with E-state index in [4.69, 9.17) is 4.74 Å². The van der Waals surface area contributed by atoms with Gasteiger partial charge in [-0.15, -0.1) is 18.3 Å². The highest BCUT2D eigenvalue weighted by Gasteiger charge is 2.12. The number of rotatable bonds is 4. The maximum absolute atomic E-state index is 5.31. The molecule has 0 aliphatic carbocycles. The Hall–Kier alpha value is -1.07. The molecular weight excluding hydrogens is 222 g/mol. The molecular formula is C11H15N3OS. The lowest BCUT2D eigenvalue weighted by Gasteiger charge is -2.27. The summed E-state index contributed by atoms with van der Waals surface area (Å²) in [6.07, 6.45) is 3.50. The molecule has 1 aliphatic rings. The summed E-state index contributed by atoms with van der Waals surface area (Å²) < 4.78 is 5.31. The van der Waals surface area contributed by atoms with Crippen LogP contribution in [0.1, 0.15) is 0 Å². The lowest BCUT2D eigenvalue weighted by Crippen LogP contribution is -2.36. The molecule has 1 aromatic heterocycles. The second-order valence-electron chi connectivity index (χ2n) is 3.41. The second-order valence-corrected chi connectivity index (χ2v) is 4.45. The predicted octanol–water partition coefficient (Wildman–Crippen LogP) is 1.59. The zero-order valence-corrected chi connectivity index (χ0v) is 9.95. The van der Waals surface area contributed by atoms with Gasteiger partial charge in [0.1, 0.15) is 17.2 Å². The normalized spacial score (nSPS) is 16.1. The Morgan fingerprint density at radius 2 is 2.25 bits per heavy atom. The third-order valence-corrected chi connectivity index (χ3v) is 3.23. The van der Waals surface area contributed by atoms with Gasteiger partial charge in [-0.3, -0.25) is 0 Å². The van der Waals surface area contributed by atoms with Gasteiger partial charge in [-0.05, 0) is 0 Å². The van der Waals surface area contributed by atoms with E-state index in [9.17, 15) is 0 Å². The van der Waals surface area contributed by atoms with Crippen LogP contribution >= 0.6 is 11.8 Å². The average molecular weight is 237 g/mol. The summed E-state index contributed by atoms with van der Waals surface area (Å²) in [7, 11) is 0. The zero-order chi connectivity index (χ0) is 11.2. The molecule has 1 fully saturated rings. The average Bonchev–Trinajstić information content (AvgIpc) is 2.38. The predicted molar refractivity (Wildman–Crippen MR) is 66.0 cm³/mol. The van der Waals surface area contributed by atoms with Crippen LogP contribution in [0, 0.1) is 0 Å². The van der Waals surface area contributed by atoms with E-state index in [2.05, 4.69) is 21.4 Å². The number of hydrogen-bond acceptors (Lipinski definition) is 5. The highest BCUT2D eigenvalue weighted by atomic mass is 32.2. The molecule has 1 saturated heterocycles. The van der Waals surface area contributed by atoms with Crippen molar-refractivity contribution >= 4 is 17.6 Å². The SMILES string of the molecule is C=CCSc1cc(N2CCOCC2)ncn1. The first-order valence-corrected chi connectivity index (χ1v) is 6.27. The van der Waals surface area contributed by atoms with Gasteiger partial charge in [0.05, 0.1) is 13.2 Å². The van der Waals surface area contributed by atoms with E-state index in [1.165, 1.54) is 0 Å². The summed E-state index contributed by atoms with van der Waals surface area (Å²) in [6.45, 7) is 7.06. The fraction of sp³-hybridized carbons (Fsp3) is 0.455. The van der Waals surface area contributed by atoms with Crippen molar-refractivity contribution in [2.24, 2.45) is 0 Å². The van der Waals surface area contributed by atoms with Crippen LogP contribution in [-0.4, -0.2) is 42.0 Å². The van der Waals surface area contributed by atoms with Crippen molar-refractivity contribution in [3.63, 3.8) is 0 Å². The third kappa shape index (κ3) is 2.96. The number of morpholine rings is 1. The summed E-state index contributed by atoms with van der Waals surface area (Å²) in [5, 5.41) is 0.997. The van der Waals surface area contributed by atoms with E-state index in [-0.39, 0.29) is 0 Å². The quantitative estimate of drug-likeness (QED) is 0.452. The summed E-state index contributed by atoms with van der Waals surface area (Å²) in [6, 6.07) is 2.03. The molecule has 0 amide bonds. The van der Waals surface area contributed by atoms with Gasteiger partial charge in [-0.1, -0.05) is 6.08 Å². The lowest BCUT2D eigenvalue weighted by molar-refractivity contribution is 0.122. The molecule has 86 valence electrons. The van der Waals surface area contributed by atoms with Gasteiger partial charge in [0.15, 0.2) is 0 Å². The largest absolute Gasteiger partial charge is 0.378 e. The standard InChI is InChI=1S/C11H15N3OS/c1-2-7-16-11-8-10(12-9-13-11)14-3-5-15-6-4-14/h2,8-9H,1,3-7H2. The molecule has 0 unspecified atom stereocenters. The van der Waals surface area contributed by atoms with Crippen molar-refractivity contribution in [2.75, 3.05) is 37.0 Å². The van der Waals surface area contributed by atoms with Gasteiger partial charge in [0, 0.05) is 24.9 Å². The molecule has 5 heteroatoms. The Balaban J connectivity index is 2.05. The Labute approximate surface area is 99.7 Å². The summed E-state index contributed by atoms with van der Waals surface area (Å²) in [5.41, 5.74) is 0. The minimum Gasteiger partial charge on any atom is -0.378 e. The molecule has 16 heavy (non-hydrogen) atoms. The molecule has 0 saturated carbocycles. The maximum Gasteiger partial charge on any atom is 0.133 e. The third-order valence-electron chi connectivity index (χ3n) is 2.31. The molecule has 0 N–H and O–H groups in total. The minimum absolute atomic E-state index is 0.777. The summed E-state index contributed by atoms with van der Waals surface area (Å²) in [5.74, 6) is 1.87. The Morgan fingerprint density at radius 1 is 1.44 bits per heavy atom. The molecule has 1 aliphatic heterocycles. The molecule has 1 aromatic rings. The van der Waals surface area contributed by atoms with E-state index < -0.39 is 0 Å². The lowest BCUT2D eigenvalue weighted by atomic mass is 10.4. The first kappa shape index (κ1) is 11.4. The van der Waals surface area contributed by atoms with Crippen LogP contribution in [-0.2, 0) is 4.74 Å². The number of thioether (sulfide) groups is 1. The molecule has 0 spiro atoms. The van der Waals surface area contributed by atoms with Crippen molar-refractivity contribution in [3.05, 3.63) is 25.0 Å². The van der Waals surface area contributed by atoms with Crippen molar-refractivity contribution in [1.82, 2.24) is 9.97 Å². The van der Waals surface area contributed by atoms with Crippen molar-refractivity contribution in [1.29, 1.82) is 0 Å². The van der Waals surface area contributed by atoms with Crippen LogP contribution < -0.4 is 4.90 Å². The van der Waals surface area contributed by atoms with E-state index in [0.717, 1.165) is 42.9 Å². The van der Waals surface area contributed by atoms with Gasteiger partial charge in [0.25, 0.3) is 0 Å². The van der Waals surface area contributed by atoms with Gasteiger partial charge in [-0.2, -0.15) is 0 Å². The van der Waals surface area contributed by atoms with Gasteiger partial charge in [-0.25, -0.2) is 9.97 Å². The van der Waals surface area contributed by atoms with E-state index in [1.807, 2.05) is 12.1 Å². The van der Waals surface area contributed by atoms with Crippen molar-refractivity contribution < 1.29 is 4.74 Å². The van der Waals surface area contributed by atoms with Crippen molar-refractivity contribution in [2.45, 2.75) is 5.03 Å². The zero-order valence-electron chi connectivity index (χ0n) is 9.13. The first-order chi connectivity index (χ1) is 7.90. The summed E-state index contributed by atoms with van der Waals surface area (Å²) in [4.78, 5) is 10.7. The fourth-order valence-electron chi connectivity index (χ4n) is 1.52. The Morgan fingerprint density at radius 3 is 3.00 bits per heavy atom. The topological polar surface area (TPSA) is 38.2 Å². The van der Waals surface area contributed by atoms with E-state index >= 15 is 0 Å². The number of aromatic nitrogens is 2. The molecule has 0 radical (unpaired) electrons. The van der Waals surface area contributed by atoms with Crippen molar-refractivity contribution in [3.8, 4) is 0 Å². The monoisotopic (exact) mass is 237 g/mol. The maximum atomic E-state index is 5.31. The molecule has 0 bridgehead atoms. The highest BCUT2D eigenvalue weighted by Crippen LogP contribution is 2.20. The second kappa shape index (κ2) is 5.86. The van der Waals surface area contributed by atoms with E-state index in [1.54, 1.807) is 18.1 Å². The number of hydrogen-bond donors (Lipinski definition) is 0. The smallest absolute Gasteiger partial charge is 0.133 e. The van der Waals surface area contributed by atoms with Gasteiger partial charge >= 0.3 is 0 Å². The number of nitrogens with zero attached hydrogens (tertiary/aromatic N) is 3. The summed E-state index contributed by atoms with van der Waals surface area (Å²) >= 11 is 1.67. The number of anilines is 1. The van der Waals surface area contributed by atoms with E-state index in [0.29, 0.717) is 0 Å². The molecule has 2 heterocycles. The molecule has 0 aromatic carbocycles. The number of ether oxygens (including phenoxy) is 1. The minimum atomic E-state index is 0.777. The molecule has 4 nitrogen and oxygen atoms in total. The Kier molecular flexibility index (Phi) is 4.18. The highest BCUT2D eigenvalue weighted by molar-refractivity contribution is 7.99. The van der Waals surface area contributed by atoms with Crippen LogP contribution in [0.2, 0.25) is 0 Å². The van der Waals surface area contributed by atoms with Crippen LogP contribution in [0.4, 0.5) is 5.82 Å². The van der Waals surface area contributed by atoms with Crippen LogP contribution in [0.3, 0.4) is 0 Å². The van der Waals surface area contributed by atoms with Crippen LogP contribution in [0.25, 0.3) is 0 Å². The van der Waals surface area contributed by atoms with Gasteiger partial charge in [0.2, 0.25) is 0 Å². The fourth-order valence-corrected chi connectivity index (χ4v) is 2.12. The van der Waals surface area contributed by atoms with Crippen LogP contribution in [0.15, 0.2) is 30.1 Å². The van der Waals surface area contributed by atoms with Gasteiger partial charge < -0.3 is 9.64 Å². The molecule has 2 rings (SSSR count). The molecule has 0 atom stereocenters.